The maximum atomic E-state index is 15.1. The van der Waals surface area contributed by atoms with E-state index in [1.807, 2.05) is 0 Å². The van der Waals surface area contributed by atoms with E-state index in [1.54, 1.807) is 0 Å². The van der Waals surface area contributed by atoms with Crippen molar-refractivity contribution in [3.05, 3.63) is 11.0 Å². The van der Waals surface area contributed by atoms with Gasteiger partial charge in [0.05, 0.1) is 8.07 Å². The molecule has 3 nitrogen and oxygen atoms in total. The zero-order chi connectivity index (χ0) is 20.2. The van der Waals surface area contributed by atoms with Gasteiger partial charge in [-0.1, -0.05) is 39.1 Å². The molecule has 0 aromatic heterocycles. The lowest BCUT2D eigenvalue weighted by molar-refractivity contribution is 0.229. The average molecular weight is 389 g/mol. The van der Waals surface area contributed by atoms with Gasteiger partial charge in [0.2, 0.25) is 7.44 Å². The van der Waals surface area contributed by atoms with Crippen molar-refractivity contribution in [3.8, 4) is 0 Å². The van der Waals surface area contributed by atoms with Crippen LogP contribution in [-0.4, -0.2) is 41.6 Å². The van der Waals surface area contributed by atoms with Gasteiger partial charge in [0, 0.05) is 29.1 Å². The number of nitrogens with zero attached hydrogens (tertiary/aromatic N) is 2. The quantitative estimate of drug-likeness (QED) is 0.298. The Labute approximate surface area is 159 Å². The second-order valence-electron chi connectivity index (χ2n) is 9.31. The van der Waals surface area contributed by atoms with Gasteiger partial charge >= 0.3 is 0 Å². The largest absolute Gasteiger partial charge is 0.284 e. The van der Waals surface area contributed by atoms with E-state index >= 15 is 4.57 Å². The van der Waals surface area contributed by atoms with Gasteiger partial charge in [-0.05, 0) is 61.8 Å². The van der Waals surface area contributed by atoms with Gasteiger partial charge in [-0.15, -0.1) is 0 Å². The van der Waals surface area contributed by atoms with Crippen LogP contribution in [0.15, 0.2) is 11.0 Å². The second-order valence-corrected chi connectivity index (χ2v) is 17.3. The first-order valence-electron chi connectivity index (χ1n) is 10.1. The lowest BCUT2D eigenvalue weighted by Crippen LogP contribution is -2.48. The third-order valence-electron chi connectivity index (χ3n) is 4.45. The number of unbranched alkanes of at least 4 members (excludes halogenated alkanes) is 1. The van der Waals surface area contributed by atoms with E-state index in [9.17, 15) is 0 Å². The summed E-state index contributed by atoms with van der Waals surface area (Å²) in [6, 6.07) is 0.971. The lowest BCUT2D eigenvalue weighted by atomic mass is 10.3. The van der Waals surface area contributed by atoms with Crippen LogP contribution in [0.25, 0.3) is 0 Å². The number of hydrogen-bond acceptors (Lipinski definition) is 1. The second kappa shape index (κ2) is 9.87. The molecule has 0 aliphatic rings. The first-order chi connectivity index (χ1) is 11.2. The van der Waals surface area contributed by atoms with Gasteiger partial charge in [0.15, 0.2) is 0 Å². The van der Waals surface area contributed by atoms with Crippen molar-refractivity contribution in [3.63, 3.8) is 0 Å². The molecule has 150 valence electrons. The monoisotopic (exact) mass is 388 g/mol. The standard InChI is InChI=1S/C20H45N2OPSi/c1-13-14-15-20(25(10,11)12)24(23,21(16(2)3)17(4)5)22(18(6)7)19(8)9/h15-19H,13-14H2,1-12H3/b20-15-. The Bertz CT molecular complexity index is 439. The molecule has 0 fully saturated rings. The molecule has 0 bridgehead atoms. The summed E-state index contributed by atoms with van der Waals surface area (Å²) in [4.78, 5) is 1.26. The minimum absolute atomic E-state index is 0.243. The molecule has 0 N–H and O–H groups in total. The molecule has 0 rings (SSSR count). The van der Waals surface area contributed by atoms with Crippen LogP contribution in [0.1, 0.15) is 75.2 Å². The normalized spacial score (nSPS) is 14.9. The molecule has 0 atom stereocenters. The van der Waals surface area contributed by atoms with Crippen molar-refractivity contribution in [1.82, 2.24) is 9.34 Å². The van der Waals surface area contributed by atoms with Gasteiger partial charge in [-0.2, -0.15) is 0 Å². The van der Waals surface area contributed by atoms with Crippen LogP contribution in [0.3, 0.4) is 0 Å². The van der Waals surface area contributed by atoms with Crippen LogP contribution in [0, 0.1) is 0 Å². The highest BCUT2D eigenvalue weighted by Crippen LogP contribution is 2.65. The van der Waals surface area contributed by atoms with Crippen LogP contribution in [0.4, 0.5) is 0 Å². The van der Waals surface area contributed by atoms with E-state index in [0.717, 1.165) is 12.8 Å². The molecule has 0 aliphatic carbocycles. The van der Waals surface area contributed by atoms with E-state index in [1.165, 1.54) is 4.94 Å². The fourth-order valence-electron chi connectivity index (χ4n) is 3.96. The molecule has 0 unspecified atom stereocenters. The summed E-state index contributed by atoms with van der Waals surface area (Å²) in [6.07, 6.45) is 4.45. The van der Waals surface area contributed by atoms with Crippen LogP contribution < -0.4 is 0 Å². The Kier molecular flexibility index (Phi) is 9.92. The molecule has 0 saturated carbocycles. The zero-order valence-electron chi connectivity index (χ0n) is 19.1. The molecule has 25 heavy (non-hydrogen) atoms. The van der Waals surface area contributed by atoms with Gasteiger partial charge in [0.25, 0.3) is 0 Å². The SMILES string of the molecule is CCC/C=C(\[Si](C)(C)C)P(=O)(N(C(C)C)C(C)C)N(C(C)C)C(C)C. The maximum absolute atomic E-state index is 15.1. The highest BCUT2D eigenvalue weighted by molar-refractivity contribution is 7.67. The Morgan fingerprint density at radius 1 is 0.840 bits per heavy atom. The number of allylic oxidation sites excluding steroid dienone is 1. The molecular weight excluding hydrogens is 343 g/mol. The van der Waals surface area contributed by atoms with Crippen LogP contribution >= 0.6 is 7.44 Å². The third-order valence-corrected chi connectivity index (χ3v) is 13.0. The van der Waals surface area contributed by atoms with Gasteiger partial charge in [-0.25, -0.2) is 9.34 Å². The Balaban J connectivity index is 6.83. The van der Waals surface area contributed by atoms with E-state index in [2.05, 4.69) is 97.4 Å². The molecule has 0 saturated heterocycles. The summed E-state index contributed by atoms with van der Waals surface area (Å²) in [5.74, 6) is 0. The molecule has 0 aromatic rings. The summed E-state index contributed by atoms with van der Waals surface area (Å²) in [6.45, 7) is 26.7. The molecule has 0 radical (unpaired) electrons. The lowest BCUT2D eigenvalue weighted by Gasteiger charge is -2.50. The van der Waals surface area contributed by atoms with Crippen molar-refractivity contribution in [2.45, 2.75) is 119 Å². The van der Waals surface area contributed by atoms with Crippen molar-refractivity contribution in [2.75, 3.05) is 0 Å². The summed E-state index contributed by atoms with van der Waals surface area (Å²) in [5, 5.41) is 0. The van der Waals surface area contributed by atoms with E-state index < -0.39 is 15.5 Å². The van der Waals surface area contributed by atoms with Gasteiger partial charge in [-0.3, -0.25) is 4.57 Å². The van der Waals surface area contributed by atoms with Crippen molar-refractivity contribution in [2.24, 2.45) is 0 Å². The topological polar surface area (TPSA) is 23.6 Å². The van der Waals surface area contributed by atoms with E-state index in [0.29, 0.717) is 0 Å². The van der Waals surface area contributed by atoms with Crippen LogP contribution in [0.2, 0.25) is 19.6 Å². The molecule has 0 aliphatic heterocycles. The summed E-state index contributed by atoms with van der Waals surface area (Å²) >= 11 is 0. The zero-order valence-corrected chi connectivity index (χ0v) is 20.9. The third kappa shape index (κ3) is 6.06. The maximum Gasteiger partial charge on any atom is 0.238 e. The highest BCUT2D eigenvalue weighted by atomic mass is 31.2. The molecule has 0 spiro atoms. The van der Waals surface area contributed by atoms with Crippen molar-refractivity contribution in [1.29, 1.82) is 0 Å². The fourth-order valence-corrected chi connectivity index (χ4v) is 12.5. The number of rotatable bonds is 10. The Morgan fingerprint density at radius 3 is 1.36 bits per heavy atom. The van der Waals surface area contributed by atoms with E-state index in [-0.39, 0.29) is 24.2 Å². The minimum atomic E-state index is -2.84. The summed E-state index contributed by atoms with van der Waals surface area (Å²) in [5.41, 5.74) is 0. The average Bonchev–Trinajstić information content (AvgIpc) is 2.34. The molecule has 5 heteroatoms. The predicted molar refractivity (Wildman–Crippen MR) is 118 cm³/mol. The summed E-state index contributed by atoms with van der Waals surface area (Å²) in [7, 11) is -4.59. The minimum Gasteiger partial charge on any atom is -0.284 e. The smallest absolute Gasteiger partial charge is 0.238 e. The van der Waals surface area contributed by atoms with Crippen LogP contribution in [-0.2, 0) is 4.57 Å². The highest BCUT2D eigenvalue weighted by Gasteiger charge is 2.48. The van der Waals surface area contributed by atoms with E-state index in [4.69, 9.17) is 0 Å². The van der Waals surface area contributed by atoms with Gasteiger partial charge in [0.1, 0.15) is 0 Å². The van der Waals surface area contributed by atoms with Crippen molar-refractivity contribution >= 4 is 15.5 Å². The molecule has 0 heterocycles. The molecule has 0 amide bonds. The molecular formula is C20H45N2OPSi. The predicted octanol–water partition coefficient (Wildman–Crippen LogP) is 6.98. The first kappa shape index (κ1) is 25.1. The van der Waals surface area contributed by atoms with Gasteiger partial charge < -0.3 is 0 Å². The Morgan fingerprint density at radius 2 is 1.16 bits per heavy atom. The Hall–Kier alpha value is 0.107. The fraction of sp³-hybridized carbons (Fsp3) is 0.900. The summed E-state index contributed by atoms with van der Waals surface area (Å²) < 4.78 is 19.7. The van der Waals surface area contributed by atoms with Crippen molar-refractivity contribution < 1.29 is 4.57 Å². The molecule has 0 aromatic carbocycles. The van der Waals surface area contributed by atoms with Crippen LogP contribution in [0.5, 0.6) is 0 Å². The number of hydrogen-bond donors (Lipinski definition) is 0. The first-order valence-corrected chi connectivity index (χ1v) is 15.2.